The lowest BCUT2D eigenvalue weighted by Gasteiger charge is -2.18. The minimum Gasteiger partial charge on any atom is -0.473 e. The molecule has 7 nitrogen and oxygen atoms in total. The van der Waals surface area contributed by atoms with Crippen molar-refractivity contribution in [3.05, 3.63) is 32.3 Å². The minimum absolute atomic E-state index is 0.140. The van der Waals surface area contributed by atoms with Crippen LogP contribution in [0.3, 0.4) is 0 Å². The molecule has 0 aliphatic heterocycles. The number of primary amides is 1. The van der Waals surface area contributed by atoms with E-state index >= 15 is 0 Å². The quantitative estimate of drug-likeness (QED) is 0.604. The molecule has 8 heteroatoms. The molecule has 1 unspecified atom stereocenters. The summed E-state index contributed by atoms with van der Waals surface area (Å²) in [6, 6.07) is 2.75. The van der Waals surface area contributed by atoms with Gasteiger partial charge in [0.1, 0.15) is 0 Å². The van der Waals surface area contributed by atoms with Crippen molar-refractivity contribution in [1.82, 2.24) is 0 Å². The lowest BCUT2D eigenvalue weighted by molar-refractivity contribution is -0.386. The highest BCUT2D eigenvalue weighted by Crippen LogP contribution is 2.38. The molecule has 20 heavy (non-hydrogen) atoms. The van der Waals surface area contributed by atoms with E-state index in [4.69, 9.17) is 10.5 Å². The number of ether oxygens (including phenoxy) is 1. The minimum atomic E-state index is -0.994. The summed E-state index contributed by atoms with van der Waals surface area (Å²) in [5.74, 6) is -0.861. The van der Waals surface area contributed by atoms with Crippen LogP contribution >= 0.6 is 15.9 Å². The number of hydrogen-bond donors (Lipinski definition) is 2. The summed E-state index contributed by atoms with van der Waals surface area (Å²) in [5.41, 5.74) is 5.05. The van der Waals surface area contributed by atoms with E-state index in [1.54, 1.807) is 6.92 Å². The second kappa shape index (κ2) is 6.67. The molecule has 0 saturated carbocycles. The van der Waals surface area contributed by atoms with Gasteiger partial charge >= 0.3 is 5.69 Å². The van der Waals surface area contributed by atoms with E-state index in [0.29, 0.717) is 4.47 Å². The Kier molecular flexibility index (Phi) is 5.46. The van der Waals surface area contributed by atoms with Crippen LogP contribution in [0, 0.1) is 10.1 Å². The molecule has 3 N–H and O–H groups in total. The second-order valence-corrected chi connectivity index (χ2v) is 5.11. The van der Waals surface area contributed by atoms with E-state index in [9.17, 15) is 20.0 Å². The average Bonchev–Trinajstić information content (AvgIpc) is 2.35. The van der Waals surface area contributed by atoms with Crippen molar-refractivity contribution >= 4 is 27.5 Å². The molecule has 1 aromatic rings. The largest absolute Gasteiger partial charge is 0.473 e. The number of benzene rings is 1. The van der Waals surface area contributed by atoms with Crippen LogP contribution in [0.5, 0.6) is 5.75 Å². The number of carbonyl (C=O) groups is 1. The number of carbonyl (C=O) groups excluding carboxylic acids is 1. The Balaban J connectivity index is 3.40. The first kappa shape index (κ1) is 16.4. The van der Waals surface area contributed by atoms with Gasteiger partial charge in [-0.1, -0.05) is 22.9 Å². The zero-order valence-electron chi connectivity index (χ0n) is 11.0. The SMILES string of the molecule is CCC(Oc1c([C@@H](C)O)cc(Br)cc1[N+](=O)[O-])C(N)=O. The first-order chi connectivity index (χ1) is 9.27. The maximum absolute atomic E-state index is 11.2. The second-order valence-electron chi connectivity index (χ2n) is 4.19. The zero-order chi connectivity index (χ0) is 15.4. The summed E-state index contributed by atoms with van der Waals surface area (Å²) in [5, 5.41) is 20.8. The summed E-state index contributed by atoms with van der Waals surface area (Å²) >= 11 is 3.13. The maximum atomic E-state index is 11.2. The molecule has 1 aromatic carbocycles. The molecule has 0 saturated heterocycles. The van der Waals surface area contributed by atoms with Crippen LogP contribution in [-0.4, -0.2) is 22.0 Å². The fourth-order valence-corrected chi connectivity index (χ4v) is 2.12. The van der Waals surface area contributed by atoms with Crippen molar-refractivity contribution in [3.8, 4) is 5.75 Å². The fraction of sp³-hybridized carbons (Fsp3) is 0.417. The van der Waals surface area contributed by atoms with Crippen LogP contribution in [0.15, 0.2) is 16.6 Å². The molecule has 0 spiro atoms. The topological polar surface area (TPSA) is 116 Å². The van der Waals surface area contributed by atoms with E-state index in [2.05, 4.69) is 15.9 Å². The van der Waals surface area contributed by atoms with Crippen molar-refractivity contribution in [3.63, 3.8) is 0 Å². The van der Waals surface area contributed by atoms with Crippen LogP contribution in [0.2, 0.25) is 0 Å². The zero-order valence-corrected chi connectivity index (χ0v) is 12.6. The number of nitrogens with two attached hydrogens (primary N) is 1. The van der Waals surface area contributed by atoms with Crippen molar-refractivity contribution in [2.45, 2.75) is 32.5 Å². The lowest BCUT2D eigenvalue weighted by atomic mass is 10.1. The molecule has 0 heterocycles. The van der Waals surface area contributed by atoms with Gasteiger partial charge in [0.25, 0.3) is 5.91 Å². The van der Waals surface area contributed by atoms with E-state index in [0.717, 1.165) is 0 Å². The van der Waals surface area contributed by atoms with Gasteiger partial charge in [-0.15, -0.1) is 0 Å². The third-order valence-electron chi connectivity index (χ3n) is 2.66. The Hall–Kier alpha value is -1.67. The van der Waals surface area contributed by atoms with Crippen LogP contribution in [-0.2, 0) is 4.79 Å². The van der Waals surface area contributed by atoms with Gasteiger partial charge in [-0.3, -0.25) is 14.9 Å². The van der Waals surface area contributed by atoms with E-state index < -0.39 is 23.0 Å². The van der Waals surface area contributed by atoms with E-state index in [-0.39, 0.29) is 23.4 Å². The molecular formula is C12H15BrN2O5. The summed E-state index contributed by atoms with van der Waals surface area (Å²) in [4.78, 5) is 21.7. The number of rotatable bonds is 6. The number of amides is 1. The standard InChI is InChI=1S/C12H15BrN2O5/c1-3-10(12(14)17)20-11-8(6(2)16)4-7(13)5-9(11)15(18)19/h4-6,10,16H,3H2,1-2H3,(H2,14,17)/t6-,10?/m1/s1. The number of nitro groups is 1. The van der Waals surface area contributed by atoms with Gasteiger partial charge in [-0.05, 0) is 19.4 Å². The van der Waals surface area contributed by atoms with Gasteiger partial charge in [-0.2, -0.15) is 0 Å². The third kappa shape index (κ3) is 3.67. The number of aliphatic hydroxyl groups excluding tert-OH is 1. The van der Waals surface area contributed by atoms with Gasteiger partial charge in [0.05, 0.1) is 11.0 Å². The highest BCUT2D eigenvalue weighted by molar-refractivity contribution is 9.10. The maximum Gasteiger partial charge on any atom is 0.312 e. The molecule has 0 aliphatic rings. The number of nitrogens with zero attached hydrogens (tertiary/aromatic N) is 1. The van der Waals surface area contributed by atoms with Crippen molar-refractivity contribution in [2.75, 3.05) is 0 Å². The predicted octanol–water partition coefficient (Wildman–Crippen LogP) is 2.05. The van der Waals surface area contributed by atoms with Crippen molar-refractivity contribution < 1.29 is 19.6 Å². The van der Waals surface area contributed by atoms with Crippen LogP contribution in [0.1, 0.15) is 31.9 Å². The summed E-state index contributed by atoms with van der Waals surface area (Å²) in [7, 11) is 0. The van der Waals surface area contributed by atoms with Crippen LogP contribution in [0.25, 0.3) is 0 Å². The summed E-state index contributed by atoms with van der Waals surface area (Å²) in [6.07, 6.45) is -1.72. The molecular weight excluding hydrogens is 332 g/mol. The van der Waals surface area contributed by atoms with Gasteiger partial charge in [0.15, 0.2) is 6.10 Å². The number of aliphatic hydroxyl groups is 1. The molecule has 0 aliphatic carbocycles. The molecule has 2 atom stereocenters. The third-order valence-corrected chi connectivity index (χ3v) is 3.12. The number of halogens is 1. The van der Waals surface area contributed by atoms with Gasteiger partial charge in [0.2, 0.25) is 5.75 Å². The first-order valence-electron chi connectivity index (χ1n) is 5.89. The highest BCUT2D eigenvalue weighted by atomic mass is 79.9. The Morgan fingerprint density at radius 2 is 2.20 bits per heavy atom. The number of hydrogen-bond acceptors (Lipinski definition) is 5. The smallest absolute Gasteiger partial charge is 0.312 e. The first-order valence-corrected chi connectivity index (χ1v) is 6.69. The lowest BCUT2D eigenvalue weighted by Crippen LogP contribution is -2.33. The molecule has 0 radical (unpaired) electrons. The van der Waals surface area contributed by atoms with E-state index in [1.807, 2.05) is 0 Å². The van der Waals surface area contributed by atoms with E-state index in [1.165, 1.54) is 19.1 Å². The monoisotopic (exact) mass is 346 g/mol. The normalized spacial score (nSPS) is 13.6. The Morgan fingerprint density at radius 1 is 1.60 bits per heavy atom. The van der Waals surface area contributed by atoms with Gasteiger partial charge in [-0.25, -0.2) is 0 Å². The van der Waals surface area contributed by atoms with Gasteiger partial charge in [0, 0.05) is 16.1 Å². The average molecular weight is 347 g/mol. The highest BCUT2D eigenvalue weighted by Gasteiger charge is 2.27. The molecule has 1 rings (SSSR count). The molecule has 0 aromatic heterocycles. The Labute approximate surface area is 124 Å². The summed E-state index contributed by atoms with van der Waals surface area (Å²) < 4.78 is 5.80. The number of nitro benzene ring substituents is 1. The fourth-order valence-electron chi connectivity index (χ4n) is 1.66. The Bertz CT molecular complexity index is 533. The molecule has 0 fully saturated rings. The summed E-state index contributed by atoms with van der Waals surface area (Å²) in [6.45, 7) is 3.12. The van der Waals surface area contributed by atoms with Crippen LogP contribution in [0.4, 0.5) is 5.69 Å². The Morgan fingerprint density at radius 3 is 2.60 bits per heavy atom. The van der Waals surface area contributed by atoms with Crippen LogP contribution < -0.4 is 10.5 Å². The molecule has 0 bridgehead atoms. The molecule has 110 valence electrons. The van der Waals surface area contributed by atoms with Gasteiger partial charge < -0.3 is 15.6 Å². The molecule has 1 amide bonds. The predicted molar refractivity (Wildman–Crippen MR) is 75.3 cm³/mol. The van der Waals surface area contributed by atoms with Crippen molar-refractivity contribution in [2.24, 2.45) is 5.73 Å². The van der Waals surface area contributed by atoms with Crippen molar-refractivity contribution in [1.29, 1.82) is 0 Å².